The van der Waals surface area contributed by atoms with Gasteiger partial charge >= 0.3 is 0 Å². The molecule has 2 aliphatic rings. The molecule has 0 amide bonds. The Bertz CT molecular complexity index is 1380. The molecule has 0 bridgehead atoms. The highest BCUT2D eigenvalue weighted by molar-refractivity contribution is 5.83. The quantitative estimate of drug-likeness (QED) is 0.585. The highest BCUT2D eigenvalue weighted by Crippen LogP contribution is 2.32. The summed E-state index contributed by atoms with van der Waals surface area (Å²) in [6.45, 7) is 0.471. The van der Waals surface area contributed by atoms with Gasteiger partial charge in [0.2, 0.25) is 5.95 Å². The van der Waals surface area contributed by atoms with Crippen LogP contribution in [0.5, 0.6) is 0 Å². The number of nitrogens with zero attached hydrogens (tertiary/aromatic N) is 5. The average molecular weight is 471 g/mol. The van der Waals surface area contributed by atoms with Crippen molar-refractivity contribution in [2.45, 2.75) is 51.0 Å². The van der Waals surface area contributed by atoms with E-state index in [1.807, 2.05) is 31.1 Å². The summed E-state index contributed by atoms with van der Waals surface area (Å²) >= 11 is 0. The molecule has 1 atom stereocenters. The number of rotatable bonds is 6. The number of fused-ring (bicyclic) bond motifs is 2. The molecular weight excluding hydrogens is 440 g/mol. The Labute approximate surface area is 204 Å². The molecule has 0 spiro atoms. The number of Topliss-reactive ketones (excluding diaryl/α,β-unsaturated/α-hetero) is 1. The first-order valence-corrected chi connectivity index (χ1v) is 12.3. The summed E-state index contributed by atoms with van der Waals surface area (Å²) in [7, 11) is 3.85. The van der Waals surface area contributed by atoms with E-state index in [9.17, 15) is 14.9 Å². The van der Waals surface area contributed by atoms with Gasteiger partial charge in [-0.1, -0.05) is 18.9 Å². The lowest BCUT2D eigenvalue weighted by Gasteiger charge is -2.25. The Balaban J connectivity index is 1.44. The van der Waals surface area contributed by atoms with Crippen LogP contribution in [0.25, 0.3) is 11.0 Å². The normalized spacial score (nSPS) is 17.9. The molecule has 2 aliphatic carbocycles. The van der Waals surface area contributed by atoms with Crippen LogP contribution in [-0.4, -0.2) is 45.9 Å². The van der Waals surface area contributed by atoms with Crippen molar-refractivity contribution in [3.63, 3.8) is 0 Å². The Hall–Kier alpha value is -3.57. The van der Waals surface area contributed by atoms with Crippen LogP contribution in [-0.2, 0) is 17.6 Å². The number of carbonyl (C=O) groups is 1. The van der Waals surface area contributed by atoms with Crippen LogP contribution < -0.4 is 10.9 Å². The number of pyridine rings is 1. The van der Waals surface area contributed by atoms with Gasteiger partial charge in [0.25, 0.3) is 5.56 Å². The number of hydrogen-bond acceptors (Lipinski definition) is 7. The van der Waals surface area contributed by atoms with Crippen molar-refractivity contribution in [1.29, 1.82) is 5.26 Å². The summed E-state index contributed by atoms with van der Waals surface area (Å²) in [6.07, 6.45) is 8.17. The number of anilines is 2. The minimum atomic E-state index is -0.279. The lowest BCUT2D eigenvalue weighted by Crippen LogP contribution is -2.31. The summed E-state index contributed by atoms with van der Waals surface area (Å²) in [5, 5.41) is 13.4. The molecule has 8 heteroatoms. The number of aromatic nitrogens is 3. The van der Waals surface area contributed by atoms with E-state index in [1.165, 1.54) is 11.1 Å². The summed E-state index contributed by atoms with van der Waals surface area (Å²) in [5.41, 5.74) is 3.72. The predicted molar refractivity (Wildman–Crippen MR) is 135 cm³/mol. The number of hydrogen-bond donors (Lipinski definition) is 1. The number of ketones is 1. The van der Waals surface area contributed by atoms with Gasteiger partial charge < -0.3 is 10.2 Å². The minimum Gasteiger partial charge on any atom is -0.324 e. The predicted octanol–water partition coefficient (Wildman–Crippen LogP) is 3.76. The fourth-order valence-electron chi connectivity index (χ4n) is 5.44. The highest BCUT2D eigenvalue weighted by atomic mass is 16.1. The smallest absolute Gasteiger partial charge is 0.270 e. The highest BCUT2D eigenvalue weighted by Gasteiger charge is 2.25. The number of carbonyl (C=O) groups excluding carboxylic acids is 1. The maximum Gasteiger partial charge on any atom is 0.270 e. The molecule has 0 aliphatic heterocycles. The lowest BCUT2D eigenvalue weighted by molar-refractivity contribution is -0.123. The molecule has 1 saturated carbocycles. The van der Waals surface area contributed by atoms with E-state index in [4.69, 9.17) is 4.98 Å². The third kappa shape index (κ3) is 4.69. The van der Waals surface area contributed by atoms with Crippen molar-refractivity contribution >= 4 is 28.5 Å². The first-order chi connectivity index (χ1) is 16.9. The molecule has 1 unspecified atom stereocenters. The van der Waals surface area contributed by atoms with Crippen LogP contribution in [0.4, 0.5) is 11.6 Å². The molecule has 3 aromatic rings. The van der Waals surface area contributed by atoms with E-state index in [-0.39, 0.29) is 23.1 Å². The Morgan fingerprint density at radius 3 is 2.74 bits per heavy atom. The largest absolute Gasteiger partial charge is 0.324 e. The molecule has 8 nitrogen and oxygen atoms in total. The summed E-state index contributed by atoms with van der Waals surface area (Å²) in [6, 6.07) is 9.87. The monoisotopic (exact) mass is 470 g/mol. The second-order valence-corrected chi connectivity index (χ2v) is 10.0. The number of nitrogens with one attached hydrogen (secondary N) is 1. The van der Waals surface area contributed by atoms with Gasteiger partial charge in [-0.05, 0) is 75.5 Å². The standard InChI is InChI=1S/C27H30N6O2/c1-32(2)16-24(34)18-8-7-17-9-10-22(13-19(17)11-18)30-27-29-15-21-12-20(14-28)26(35)33(25(21)31-27)23-5-3-4-6-23/h9-10,12-13,15,18,23H,3-8,11,16H2,1-2H3,(H,29,30,31). The summed E-state index contributed by atoms with van der Waals surface area (Å²) in [5.74, 6) is 0.745. The zero-order valence-corrected chi connectivity index (χ0v) is 20.3. The Morgan fingerprint density at radius 2 is 2.00 bits per heavy atom. The van der Waals surface area contributed by atoms with Gasteiger partial charge in [-0.3, -0.25) is 14.2 Å². The topological polar surface area (TPSA) is 104 Å². The zero-order valence-electron chi connectivity index (χ0n) is 20.3. The molecular formula is C27H30N6O2. The molecule has 180 valence electrons. The van der Waals surface area contributed by atoms with Gasteiger partial charge in [0.05, 0.1) is 6.54 Å². The molecule has 0 saturated heterocycles. The second-order valence-electron chi connectivity index (χ2n) is 10.0. The molecule has 2 aromatic heterocycles. The van der Waals surface area contributed by atoms with Gasteiger partial charge in [0, 0.05) is 29.2 Å². The number of benzene rings is 1. The number of likely N-dealkylation sites (N-methyl/N-ethyl adjacent to an activating group) is 1. The third-order valence-electron chi connectivity index (χ3n) is 7.20. The summed E-state index contributed by atoms with van der Waals surface area (Å²) < 4.78 is 1.70. The Kier molecular flexibility index (Phi) is 6.35. The molecule has 35 heavy (non-hydrogen) atoms. The van der Waals surface area contributed by atoms with E-state index in [0.29, 0.717) is 29.3 Å². The van der Waals surface area contributed by atoms with Crippen LogP contribution >= 0.6 is 0 Å². The zero-order chi connectivity index (χ0) is 24.5. The molecule has 1 fully saturated rings. The average Bonchev–Trinajstić information content (AvgIpc) is 3.37. The van der Waals surface area contributed by atoms with Crippen LogP contribution in [0, 0.1) is 17.2 Å². The van der Waals surface area contributed by atoms with Gasteiger partial charge in [0.15, 0.2) is 0 Å². The number of aryl methyl sites for hydroxylation is 1. The molecule has 1 aromatic carbocycles. The molecule has 2 heterocycles. The van der Waals surface area contributed by atoms with Gasteiger partial charge in [0.1, 0.15) is 23.1 Å². The van der Waals surface area contributed by atoms with Crippen molar-refractivity contribution < 1.29 is 4.79 Å². The van der Waals surface area contributed by atoms with E-state index >= 15 is 0 Å². The van der Waals surface area contributed by atoms with Crippen LogP contribution in [0.2, 0.25) is 0 Å². The van der Waals surface area contributed by atoms with Crippen molar-refractivity contribution in [2.24, 2.45) is 5.92 Å². The minimum absolute atomic E-state index is 0.0484. The number of nitriles is 1. The van der Waals surface area contributed by atoms with E-state index < -0.39 is 0 Å². The van der Waals surface area contributed by atoms with Crippen LogP contribution in [0.15, 0.2) is 35.3 Å². The molecule has 0 radical (unpaired) electrons. The van der Waals surface area contributed by atoms with Gasteiger partial charge in [-0.15, -0.1) is 0 Å². The van der Waals surface area contributed by atoms with Crippen LogP contribution in [0.3, 0.4) is 0 Å². The summed E-state index contributed by atoms with van der Waals surface area (Å²) in [4.78, 5) is 36.7. The molecule has 5 rings (SSSR count). The first kappa shape index (κ1) is 23.2. The van der Waals surface area contributed by atoms with Crippen molar-refractivity contribution in [1.82, 2.24) is 19.4 Å². The molecule has 1 N–H and O–H groups in total. The second kappa shape index (κ2) is 9.59. The SMILES string of the molecule is CN(C)CC(=O)C1CCc2ccc(Nc3ncc4cc(C#N)c(=O)n(C5CCCC5)c4n3)cc2C1. The fourth-order valence-corrected chi connectivity index (χ4v) is 5.44. The van der Waals surface area contributed by atoms with Gasteiger partial charge in [-0.2, -0.15) is 10.2 Å². The van der Waals surface area contributed by atoms with Crippen LogP contribution in [0.1, 0.15) is 54.8 Å². The fraction of sp³-hybridized carbons (Fsp3) is 0.444. The third-order valence-corrected chi connectivity index (χ3v) is 7.20. The maximum atomic E-state index is 13.0. The Morgan fingerprint density at radius 1 is 1.20 bits per heavy atom. The van der Waals surface area contributed by atoms with Crippen molar-refractivity contribution in [3.8, 4) is 6.07 Å². The lowest BCUT2D eigenvalue weighted by atomic mass is 9.81. The van der Waals surface area contributed by atoms with Gasteiger partial charge in [-0.25, -0.2) is 4.98 Å². The van der Waals surface area contributed by atoms with E-state index in [0.717, 1.165) is 50.6 Å². The van der Waals surface area contributed by atoms with Crippen molar-refractivity contribution in [3.05, 3.63) is 57.5 Å². The van der Waals surface area contributed by atoms with E-state index in [1.54, 1.807) is 16.8 Å². The van der Waals surface area contributed by atoms with E-state index in [2.05, 4.69) is 22.4 Å². The van der Waals surface area contributed by atoms with Crippen molar-refractivity contribution in [2.75, 3.05) is 26.0 Å². The maximum absolute atomic E-state index is 13.0. The first-order valence-electron chi connectivity index (χ1n) is 12.3.